The van der Waals surface area contributed by atoms with Crippen LogP contribution in [0.3, 0.4) is 0 Å². The highest BCUT2D eigenvalue weighted by Crippen LogP contribution is 2.29. The highest BCUT2D eigenvalue weighted by Gasteiger charge is 2.30. The van der Waals surface area contributed by atoms with Gasteiger partial charge in [-0.1, -0.05) is 18.2 Å². The molecule has 26 heavy (non-hydrogen) atoms. The summed E-state index contributed by atoms with van der Waals surface area (Å²) < 4.78 is 0. The quantitative estimate of drug-likeness (QED) is 0.661. The minimum absolute atomic E-state index is 0.0621. The van der Waals surface area contributed by atoms with Crippen LogP contribution in [-0.4, -0.2) is 40.0 Å². The van der Waals surface area contributed by atoms with E-state index in [0.29, 0.717) is 24.8 Å². The van der Waals surface area contributed by atoms with Crippen LogP contribution in [0, 0.1) is 0 Å². The molecule has 1 aromatic carbocycles. The lowest BCUT2D eigenvalue weighted by atomic mass is 10.2. The maximum Gasteiger partial charge on any atom is 0.238 e. The summed E-state index contributed by atoms with van der Waals surface area (Å²) in [6, 6.07) is 11.8. The van der Waals surface area contributed by atoms with E-state index in [4.69, 9.17) is 5.73 Å². The van der Waals surface area contributed by atoms with Gasteiger partial charge in [-0.05, 0) is 36.6 Å². The van der Waals surface area contributed by atoms with Gasteiger partial charge in [-0.2, -0.15) is 0 Å². The third-order valence-corrected chi connectivity index (χ3v) is 5.15. The SMILES string of the molecule is NC(=O)CSc1ccccc1NC(=O)CN(Cc1cccnc1)C1CC1. The van der Waals surface area contributed by atoms with Crippen LogP contribution in [0.1, 0.15) is 18.4 Å². The second-order valence-corrected chi connectivity index (χ2v) is 7.31. The molecule has 0 saturated heterocycles. The van der Waals surface area contributed by atoms with E-state index < -0.39 is 0 Å². The van der Waals surface area contributed by atoms with Crippen LogP contribution in [0.15, 0.2) is 53.7 Å². The second-order valence-electron chi connectivity index (χ2n) is 6.30. The number of carbonyl (C=O) groups is 2. The minimum atomic E-state index is -0.382. The first-order valence-corrected chi connectivity index (χ1v) is 9.53. The molecular weight excluding hydrogens is 348 g/mol. The van der Waals surface area contributed by atoms with Crippen molar-refractivity contribution in [1.82, 2.24) is 9.88 Å². The van der Waals surface area contributed by atoms with E-state index in [-0.39, 0.29) is 17.6 Å². The average molecular weight is 370 g/mol. The second kappa shape index (κ2) is 8.82. The van der Waals surface area contributed by atoms with Crippen molar-refractivity contribution in [3.63, 3.8) is 0 Å². The van der Waals surface area contributed by atoms with Crippen molar-refractivity contribution in [2.24, 2.45) is 5.73 Å². The molecule has 3 N–H and O–H groups in total. The number of aromatic nitrogens is 1. The van der Waals surface area contributed by atoms with Crippen molar-refractivity contribution >= 4 is 29.3 Å². The molecule has 1 aliphatic carbocycles. The Hall–Kier alpha value is -2.38. The van der Waals surface area contributed by atoms with Gasteiger partial charge in [0.1, 0.15) is 0 Å². The van der Waals surface area contributed by atoms with Gasteiger partial charge in [0.05, 0.1) is 18.0 Å². The Morgan fingerprint density at radius 1 is 1.23 bits per heavy atom. The molecule has 1 saturated carbocycles. The third-order valence-electron chi connectivity index (χ3n) is 4.05. The van der Waals surface area contributed by atoms with Gasteiger partial charge in [-0.25, -0.2) is 0 Å². The van der Waals surface area contributed by atoms with Crippen LogP contribution in [0.4, 0.5) is 5.69 Å². The van der Waals surface area contributed by atoms with Crippen molar-refractivity contribution in [2.75, 3.05) is 17.6 Å². The van der Waals surface area contributed by atoms with Gasteiger partial charge in [0.25, 0.3) is 0 Å². The summed E-state index contributed by atoms with van der Waals surface area (Å²) in [5.74, 6) is -0.261. The molecule has 3 rings (SSSR count). The van der Waals surface area contributed by atoms with E-state index in [2.05, 4.69) is 15.2 Å². The fraction of sp³-hybridized carbons (Fsp3) is 0.316. The summed E-state index contributed by atoms with van der Waals surface area (Å²) in [6.07, 6.45) is 5.83. The first kappa shape index (κ1) is 18.4. The van der Waals surface area contributed by atoms with Crippen molar-refractivity contribution in [3.8, 4) is 0 Å². The van der Waals surface area contributed by atoms with Gasteiger partial charge in [0.2, 0.25) is 11.8 Å². The number of pyridine rings is 1. The highest BCUT2D eigenvalue weighted by atomic mass is 32.2. The van der Waals surface area contributed by atoms with E-state index >= 15 is 0 Å². The van der Waals surface area contributed by atoms with Crippen LogP contribution in [0.2, 0.25) is 0 Å². The van der Waals surface area contributed by atoms with Crippen LogP contribution in [0.25, 0.3) is 0 Å². The summed E-state index contributed by atoms with van der Waals surface area (Å²) in [5, 5.41) is 2.96. The number of nitrogens with zero attached hydrogens (tertiary/aromatic N) is 2. The summed E-state index contributed by atoms with van der Waals surface area (Å²) in [7, 11) is 0. The monoisotopic (exact) mass is 370 g/mol. The molecule has 7 heteroatoms. The first-order valence-electron chi connectivity index (χ1n) is 8.55. The number of para-hydroxylation sites is 1. The predicted octanol–water partition coefficient (Wildman–Crippen LogP) is 2.26. The highest BCUT2D eigenvalue weighted by molar-refractivity contribution is 8.00. The summed E-state index contributed by atoms with van der Waals surface area (Å²) in [4.78, 5) is 30.7. The van der Waals surface area contributed by atoms with E-state index in [1.54, 1.807) is 6.20 Å². The van der Waals surface area contributed by atoms with Gasteiger partial charge >= 0.3 is 0 Å². The molecule has 1 aromatic heterocycles. The van der Waals surface area contributed by atoms with Crippen molar-refractivity contribution < 1.29 is 9.59 Å². The van der Waals surface area contributed by atoms with Crippen LogP contribution in [-0.2, 0) is 16.1 Å². The van der Waals surface area contributed by atoms with Crippen LogP contribution >= 0.6 is 11.8 Å². The molecule has 1 heterocycles. The molecule has 2 amide bonds. The topological polar surface area (TPSA) is 88.3 Å². The van der Waals surface area contributed by atoms with Gasteiger partial charge in [0, 0.05) is 29.9 Å². The molecule has 0 atom stereocenters. The lowest BCUT2D eigenvalue weighted by molar-refractivity contribution is -0.117. The van der Waals surface area contributed by atoms with E-state index in [1.165, 1.54) is 11.8 Å². The number of hydrogen-bond acceptors (Lipinski definition) is 5. The van der Waals surface area contributed by atoms with Gasteiger partial charge in [-0.15, -0.1) is 11.8 Å². The van der Waals surface area contributed by atoms with E-state index in [9.17, 15) is 9.59 Å². The molecule has 136 valence electrons. The maximum absolute atomic E-state index is 12.6. The average Bonchev–Trinajstić information content (AvgIpc) is 3.46. The number of benzene rings is 1. The molecule has 0 aliphatic heterocycles. The van der Waals surface area contributed by atoms with Crippen molar-refractivity contribution in [3.05, 3.63) is 54.4 Å². The number of hydrogen-bond donors (Lipinski definition) is 2. The first-order chi connectivity index (χ1) is 12.6. The zero-order chi connectivity index (χ0) is 18.4. The van der Waals surface area contributed by atoms with Crippen LogP contribution < -0.4 is 11.1 Å². The molecule has 0 radical (unpaired) electrons. The van der Waals surface area contributed by atoms with E-state index in [0.717, 1.165) is 23.3 Å². The largest absolute Gasteiger partial charge is 0.369 e. The fourth-order valence-corrected chi connectivity index (χ4v) is 3.45. The summed E-state index contributed by atoms with van der Waals surface area (Å²) in [5.41, 5.74) is 7.02. The number of thioether (sulfide) groups is 1. The third kappa shape index (κ3) is 5.57. The number of carbonyl (C=O) groups excluding carboxylic acids is 2. The maximum atomic E-state index is 12.6. The summed E-state index contributed by atoms with van der Waals surface area (Å²) >= 11 is 1.33. The number of nitrogens with one attached hydrogen (secondary N) is 1. The zero-order valence-corrected chi connectivity index (χ0v) is 15.2. The Morgan fingerprint density at radius 3 is 2.73 bits per heavy atom. The Balaban J connectivity index is 1.61. The Kier molecular flexibility index (Phi) is 6.25. The van der Waals surface area contributed by atoms with Crippen molar-refractivity contribution in [2.45, 2.75) is 30.3 Å². The molecule has 1 aliphatic rings. The molecule has 6 nitrogen and oxygen atoms in total. The van der Waals surface area contributed by atoms with Gasteiger partial charge in [-0.3, -0.25) is 19.5 Å². The standard InChI is InChI=1S/C19H22N4O2S/c20-18(24)13-26-17-6-2-1-5-16(17)22-19(25)12-23(15-7-8-15)11-14-4-3-9-21-10-14/h1-6,9-10,15H,7-8,11-13H2,(H2,20,24)(H,22,25). The number of primary amides is 1. The number of rotatable bonds is 9. The molecule has 1 fully saturated rings. The van der Waals surface area contributed by atoms with Gasteiger partial charge < -0.3 is 11.1 Å². The number of nitrogens with two attached hydrogens (primary N) is 1. The lowest BCUT2D eigenvalue weighted by Gasteiger charge is -2.21. The molecule has 0 unspecified atom stereocenters. The van der Waals surface area contributed by atoms with Gasteiger partial charge in [0.15, 0.2) is 0 Å². The zero-order valence-electron chi connectivity index (χ0n) is 14.4. The lowest BCUT2D eigenvalue weighted by Crippen LogP contribution is -2.34. The predicted molar refractivity (Wildman–Crippen MR) is 103 cm³/mol. The fourth-order valence-electron chi connectivity index (χ4n) is 2.70. The minimum Gasteiger partial charge on any atom is -0.369 e. The Labute approximate surface area is 157 Å². The molecule has 0 spiro atoms. The van der Waals surface area contributed by atoms with Crippen molar-refractivity contribution in [1.29, 1.82) is 0 Å². The Morgan fingerprint density at radius 2 is 2.04 bits per heavy atom. The molecule has 0 bridgehead atoms. The molecular formula is C19H22N4O2S. The smallest absolute Gasteiger partial charge is 0.238 e. The molecule has 2 aromatic rings. The number of amides is 2. The normalized spacial score (nSPS) is 13.6. The summed E-state index contributed by atoms with van der Waals surface area (Å²) in [6.45, 7) is 1.04. The van der Waals surface area contributed by atoms with Crippen LogP contribution in [0.5, 0.6) is 0 Å². The Bertz CT molecular complexity index is 765. The number of anilines is 1. The van der Waals surface area contributed by atoms with E-state index in [1.807, 2.05) is 42.6 Å².